The Bertz CT molecular complexity index is 474. The van der Waals surface area contributed by atoms with E-state index in [0.29, 0.717) is 23.1 Å². The Hall–Kier alpha value is -1.58. The van der Waals surface area contributed by atoms with E-state index in [2.05, 4.69) is 4.98 Å². The van der Waals surface area contributed by atoms with E-state index in [9.17, 15) is 0 Å². The number of hydrogen-bond donors (Lipinski definition) is 1. The molecule has 0 aliphatic heterocycles. The maximum absolute atomic E-state index is 6.06. The number of pyridine rings is 1. The van der Waals surface area contributed by atoms with Gasteiger partial charge in [0, 0.05) is 18.9 Å². The van der Waals surface area contributed by atoms with Gasteiger partial charge in [-0.25, -0.2) is 0 Å². The van der Waals surface area contributed by atoms with Crippen molar-refractivity contribution in [3.8, 4) is 11.5 Å². The molecule has 0 radical (unpaired) electrons. The average molecular weight is 235 g/mol. The van der Waals surface area contributed by atoms with Gasteiger partial charge in [0.25, 0.3) is 0 Å². The summed E-state index contributed by atoms with van der Waals surface area (Å²) in [5, 5.41) is 0.555. The van der Waals surface area contributed by atoms with Crippen LogP contribution in [0.2, 0.25) is 5.02 Å². The van der Waals surface area contributed by atoms with Gasteiger partial charge < -0.3 is 10.5 Å². The molecule has 4 heteroatoms. The van der Waals surface area contributed by atoms with Gasteiger partial charge in [-0.15, -0.1) is 0 Å². The van der Waals surface area contributed by atoms with Crippen molar-refractivity contribution in [1.29, 1.82) is 0 Å². The molecule has 0 fully saturated rings. The third kappa shape index (κ3) is 2.51. The highest BCUT2D eigenvalue weighted by atomic mass is 35.5. The normalized spacial score (nSPS) is 10.1. The lowest BCUT2D eigenvalue weighted by molar-refractivity contribution is 0.482. The molecular formula is C12H11ClN2O. The molecule has 0 saturated heterocycles. The Morgan fingerprint density at radius 1 is 1.19 bits per heavy atom. The fraction of sp³-hybridized carbons (Fsp3) is 0.0833. The number of ether oxygens (including phenoxy) is 1. The Morgan fingerprint density at radius 2 is 1.94 bits per heavy atom. The molecule has 0 aliphatic carbocycles. The average Bonchev–Trinajstić information content (AvgIpc) is 2.33. The highest BCUT2D eigenvalue weighted by molar-refractivity contribution is 6.32. The lowest BCUT2D eigenvalue weighted by Gasteiger charge is -2.08. The highest BCUT2D eigenvalue weighted by Crippen LogP contribution is 2.29. The molecule has 0 aliphatic rings. The number of rotatable bonds is 3. The fourth-order valence-electron chi connectivity index (χ4n) is 1.29. The smallest absolute Gasteiger partial charge is 0.146 e. The second kappa shape index (κ2) is 4.96. The van der Waals surface area contributed by atoms with Crippen LogP contribution in [0.1, 0.15) is 5.56 Å². The summed E-state index contributed by atoms with van der Waals surface area (Å²) in [5.74, 6) is 1.32. The molecule has 1 heterocycles. The first-order chi connectivity index (χ1) is 7.79. The summed E-state index contributed by atoms with van der Waals surface area (Å²) in [4.78, 5) is 3.91. The molecule has 2 N–H and O–H groups in total. The third-order valence-electron chi connectivity index (χ3n) is 2.11. The van der Waals surface area contributed by atoms with Crippen molar-refractivity contribution in [2.75, 3.05) is 0 Å². The molecule has 0 saturated carbocycles. The van der Waals surface area contributed by atoms with E-state index < -0.39 is 0 Å². The van der Waals surface area contributed by atoms with Gasteiger partial charge in [0.1, 0.15) is 11.5 Å². The summed E-state index contributed by atoms with van der Waals surface area (Å²) < 4.78 is 5.60. The van der Waals surface area contributed by atoms with Crippen LogP contribution in [0.25, 0.3) is 0 Å². The van der Waals surface area contributed by atoms with Crippen LogP contribution in [0.3, 0.4) is 0 Å². The lowest BCUT2D eigenvalue weighted by Crippen LogP contribution is -1.96. The summed E-state index contributed by atoms with van der Waals surface area (Å²) in [6, 6.07) is 9.05. The van der Waals surface area contributed by atoms with Crippen LogP contribution >= 0.6 is 11.6 Å². The second-order valence-corrected chi connectivity index (χ2v) is 3.66. The summed E-state index contributed by atoms with van der Waals surface area (Å²) in [6.45, 7) is 0.468. The zero-order valence-electron chi connectivity index (χ0n) is 8.56. The second-order valence-electron chi connectivity index (χ2n) is 3.25. The number of hydrogen-bond acceptors (Lipinski definition) is 3. The standard InChI is InChI=1S/C12H11ClN2O/c13-11-7-9(8-14)1-2-12(11)16-10-3-5-15-6-4-10/h1-7H,8,14H2. The van der Waals surface area contributed by atoms with Crippen LogP contribution in [-0.4, -0.2) is 4.98 Å². The zero-order chi connectivity index (χ0) is 11.4. The van der Waals surface area contributed by atoms with Gasteiger partial charge in [-0.1, -0.05) is 17.7 Å². The van der Waals surface area contributed by atoms with Crippen molar-refractivity contribution in [3.63, 3.8) is 0 Å². The summed E-state index contributed by atoms with van der Waals surface area (Å²) in [7, 11) is 0. The molecule has 0 atom stereocenters. The van der Waals surface area contributed by atoms with Crippen molar-refractivity contribution in [1.82, 2.24) is 4.98 Å². The number of nitrogens with zero attached hydrogens (tertiary/aromatic N) is 1. The molecule has 82 valence electrons. The SMILES string of the molecule is NCc1ccc(Oc2ccncc2)c(Cl)c1. The zero-order valence-corrected chi connectivity index (χ0v) is 9.32. The molecule has 1 aromatic heterocycles. The van der Waals surface area contributed by atoms with Crippen molar-refractivity contribution in [3.05, 3.63) is 53.3 Å². The molecular weight excluding hydrogens is 224 g/mol. The quantitative estimate of drug-likeness (QED) is 0.888. The first-order valence-corrected chi connectivity index (χ1v) is 5.24. The van der Waals surface area contributed by atoms with Crippen LogP contribution in [0, 0.1) is 0 Å². The van der Waals surface area contributed by atoms with Crippen LogP contribution in [0.4, 0.5) is 0 Å². The molecule has 0 unspecified atom stereocenters. The van der Waals surface area contributed by atoms with Crippen molar-refractivity contribution >= 4 is 11.6 Å². The minimum Gasteiger partial charge on any atom is -0.456 e. The Kier molecular flexibility index (Phi) is 3.39. The van der Waals surface area contributed by atoms with Crippen molar-refractivity contribution in [2.45, 2.75) is 6.54 Å². The molecule has 0 spiro atoms. The number of halogens is 1. The minimum absolute atomic E-state index is 0.468. The number of aromatic nitrogens is 1. The first-order valence-electron chi connectivity index (χ1n) is 4.86. The molecule has 16 heavy (non-hydrogen) atoms. The van der Waals surface area contributed by atoms with Crippen molar-refractivity contribution < 1.29 is 4.74 Å². The summed E-state index contributed by atoms with van der Waals surface area (Å²) >= 11 is 6.06. The van der Waals surface area contributed by atoms with E-state index >= 15 is 0 Å². The molecule has 0 amide bonds. The summed E-state index contributed by atoms with van der Waals surface area (Å²) in [5.41, 5.74) is 6.49. The minimum atomic E-state index is 0.468. The Morgan fingerprint density at radius 3 is 2.56 bits per heavy atom. The number of benzene rings is 1. The topological polar surface area (TPSA) is 48.1 Å². The van der Waals surface area contributed by atoms with E-state index in [-0.39, 0.29) is 0 Å². The molecule has 2 aromatic rings. The molecule has 1 aromatic carbocycles. The largest absolute Gasteiger partial charge is 0.456 e. The lowest BCUT2D eigenvalue weighted by atomic mass is 10.2. The molecule has 2 rings (SSSR count). The van der Waals surface area contributed by atoms with Gasteiger partial charge in [-0.05, 0) is 29.8 Å². The monoisotopic (exact) mass is 234 g/mol. The van der Waals surface area contributed by atoms with Crippen molar-refractivity contribution in [2.24, 2.45) is 5.73 Å². The van der Waals surface area contributed by atoms with E-state index in [1.165, 1.54) is 0 Å². The maximum atomic E-state index is 6.06. The van der Waals surface area contributed by atoms with E-state index in [4.69, 9.17) is 22.1 Å². The first kappa shape index (κ1) is 10.9. The van der Waals surface area contributed by atoms with E-state index in [1.807, 2.05) is 12.1 Å². The molecule has 0 bridgehead atoms. The van der Waals surface area contributed by atoms with Crippen LogP contribution in [0.5, 0.6) is 11.5 Å². The van der Waals surface area contributed by atoms with Gasteiger partial charge in [-0.2, -0.15) is 0 Å². The highest BCUT2D eigenvalue weighted by Gasteiger charge is 2.03. The summed E-state index contributed by atoms with van der Waals surface area (Å²) in [6.07, 6.45) is 3.33. The van der Waals surface area contributed by atoms with Crippen LogP contribution < -0.4 is 10.5 Å². The maximum Gasteiger partial charge on any atom is 0.146 e. The van der Waals surface area contributed by atoms with Gasteiger partial charge in [0.15, 0.2) is 0 Å². The van der Waals surface area contributed by atoms with Gasteiger partial charge >= 0.3 is 0 Å². The number of nitrogens with two attached hydrogens (primary N) is 1. The fourth-order valence-corrected chi connectivity index (χ4v) is 1.53. The van der Waals surface area contributed by atoms with Gasteiger partial charge in [-0.3, -0.25) is 4.98 Å². The Labute approximate surface area is 98.8 Å². The van der Waals surface area contributed by atoms with E-state index in [0.717, 1.165) is 5.56 Å². The Balaban J connectivity index is 2.22. The van der Waals surface area contributed by atoms with Gasteiger partial charge in [0.2, 0.25) is 0 Å². The van der Waals surface area contributed by atoms with Gasteiger partial charge in [0.05, 0.1) is 5.02 Å². The van der Waals surface area contributed by atoms with Crippen LogP contribution in [0.15, 0.2) is 42.7 Å². The predicted octanol–water partition coefficient (Wildman–Crippen LogP) is 2.99. The third-order valence-corrected chi connectivity index (χ3v) is 2.40. The van der Waals surface area contributed by atoms with E-state index in [1.54, 1.807) is 30.6 Å². The van der Waals surface area contributed by atoms with Crippen LogP contribution in [-0.2, 0) is 6.54 Å². The molecule has 3 nitrogen and oxygen atoms in total. The predicted molar refractivity (Wildman–Crippen MR) is 63.7 cm³/mol.